The fourth-order valence-corrected chi connectivity index (χ4v) is 1.91. The Morgan fingerprint density at radius 1 is 0.870 bits per heavy atom. The first-order valence-corrected chi connectivity index (χ1v) is 7.08. The van der Waals surface area contributed by atoms with E-state index >= 15 is 0 Å². The molecule has 1 aromatic carbocycles. The molecule has 0 atom stereocenters. The Hall–Kier alpha value is -2.70. The van der Waals surface area contributed by atoms with Crippen molar-refractivity contribution in [1.82, 2.24) is 5.32 Å². The summed E-state index contributed by atoms with van der Waals surface area (Å²) in [5.41, 5.74) is 0.420. The molecular weight excluding hydrogens is 302 g/mol. The Morgan fingerprint density at radius 3 is 1.61 bits per heavy atom. The van der Waals surface area contributed by atoms with Crippen LogP contribution in [0, 0.1) is 0 Å². The van der Waals surface area contributed by atoms with E-state index in [1.165, 1.54) is 26.4 Å². The Labute approximate surface area is 134 Å². The van der Waals surface area contributed by atoms with Crippen LogP contribution in [-0.2, 0) is 19.1 Å². The van der Waals surface area contributed by atoms with Gasteiger partial charge in [-0.1, -0.05) is 12.1 Å². The summed E-state index contributed by atoms with van der Waals surface area (Å²) in [5.74, 6) is -1.35. The van der Waals surface area contributed by atoms with Crippen LogP contribution in [0.15, 0.2) is 24.3 Å². The van der Waals surface area contributed by atoms with E-state index in [0.717, 1.165) is 12.8 Å². The lowest BCUT2D eigenvalue weighted by molar-refractivity contribution is -0.129. The Kier molecular flexibility index (Phi) is 7.45. The number of esters is 2. The van der Waals surface area contributed by atoms with Gasteiger partial charge >= 0.3 is 11.9 Å². The Morgan fingerprint density at radius 2 is 1.26 bits per heavy atom. The molecule has 0 saturated carbocycles. The van der Waals surface area contributed by atoms with Crippen molar-refractivity contribution in [2.45, 2.75) is 25.7 Å². The molecule has 2 amide bonds. The summed E-state index contributed by atoms with van der Waals surface area (Å²) >= 11 is 0. The first-order chi connectivity index (χ1) is 11.0. The van der Waals surface area contributed by atoms with Crippen molar-refractivity contribution in [3.05, 3.63) is 35.4 Å². The molecule has 7 nitrogen and oxygen atoms in total. The van der Waals surface area contributed by atoms with Crippen molar-refractivity contribution in [3.63, 3.8) is 0 Å². The molecule has 124 valence electrons. The van der Waals surface area contributed by atoms with Gasteiger partial charge in [0.1, 0.15) is 0 Å². The number of ether oxygens (including phenoxy) is 2. The minimum Gasteiger partial charge on any atom is -0.465 e. The zero-order chi connectivity index (χ0) is 17.2. The van der Waals surface area contributed by atoms with Crippen LogP contribution in [0.3, 0.4) is 0 Å². The molecule has 1 aliphatic rings. The van der Waals surface area contributed by atoms with Crippen LogP contribution in [0.25, 0.3) is 0 Å². The summed E-state index contributed by atoms with van der Waals surface area (Å²) in [6, 6.07) is 6.33. The van der Waals surface area contributed by atoms with Crippen molar-refractivity contribution in [3.8, 4) is 0 Å². The standard InChI is InChI=1S/C10H10O4.C6H9NO2/c1-13-9(11)7-5-3-4-6-8(7)10(12)14-2;8-5-3-1-2-4-6(9)7-5/h3-6H,1-2H3;1-4H2,(H,7,8,9). The zero-order valence-electron chi connectivity index (χ0n) is 13.1. The number of rotatable bonds is 2. The van der Waals surface area contributed by atoms with E-state index in [0.29, 0.717) is 12.8 Å². The summed E-state index contributed by atoms with van der Waals surface area (Å²) in [5, 5.41) is 2.26. The minimum atomic E-state index is -0.550. The van der Waals surface area contributed by atoms with Crippen LogP contribution in [0.1, 0.15) is 46.4 Å². The van der Waals surface area contributed by atoms with E-state index in [-0.39, 0.29) is 22.9 Å². The predicted molar refractivity (Wildman–Crippen MR) is 80.7 cm³/mol. The summed E-state index contributed by atoms with van der Waals surface area (Å²) in [4.78, 5) is 43.6. The number of methoxy groups -OCH3 is 2. The summed E-state index contributed by atoms with van der Waals surface area (Å²) < 4.78 is 9.05. The van der Waals surface area contributed by atoms with Gasteiger partial charge in [0.05, 0.1) is 25.3 Å². The van der Waals surface area contributed by atoms with Gasteiger partial charge in [-0.3, -0.25) is 14.9 Å². The lowest BCUT2D eigenvalue weighted by atomic mass is 10.1. The number of carbonyl (C=O) groups excluding carboxylic acids is 4. The van der Waals surface area contributed by atoms with Gasteiger partial charge in [-0.15, -0.1) is 0 Å². The number of hydrogen-bond donors (Lipinski definition) is 1. The van der Waals surface area contributed by atoms with Crippen LogP contribution in [0.2, 0.25) is 0 Å². The van der Waals surface area contributed by atoms with E-state index in [9.17, 15) is 19.2 Å². The van der Waals surface area contributed by atoms with Gasteiger partial charge in [0, 0.05) is 12.8 Å². The average Bonchev–Trinajstić information content (AvgIpc) is 2.76. The van der Waals surface area contributed by atoms with Crippen molar-refractivity contribution in [2.24, 2.45) is 0 Å². The van der Waals surface area contributed by atoms with Gasteiger partial charge in [0.2, 0.25) is 11.8 Å². The van der Waals surface area contributed by atoms with E-state index in [4.69, 9.17) is 0 Å². The molecule has 0 radical (unpaired) electrons. The van der Waals surface area contributed by atoms with Crippen LogP contribution in [0.4, 0.5) is 0 Å². The summed E-state index contributed by atoms with van der Waals surface area (Å²) in [6.45, 7) is 0. The van der Waals surface area contributed by atoms with Crippen molar-refractivity contribution in [2.75, 3.05) is 14.2 Å². The Balaban J connectivity index is 0.000000253. The largest absolute Gasteiger partial charge is 0.465 e. The third kappa shape index (κ3) is 5.90. The second-order valence-electron chi connectivity index (χ2n) is 4.71. The van der Waals surface area contributed by atoms with Gasteiger partial charge in [-0.25, -0.2) is 9.59 Å². The zero-order valence-corrected chi connectivity index (χ0v) is 13.1. The molecule has 0 aromatic heterocycles. The molecule has 2 rings (SSSR count). The summed E-state index contributed by atoms with van der Waals surface area (Å²) in [6.07, 6.45) is 2.70. The lowest BCUT2D eigenvalue weighted by Crippen LogP contribution is -2.27. The number of carbonyl (C=O) groups is 4. The second kappa shape index (κ2) is 9.34. The monoisotopic (exact) mass is 321 g/mol. The number of hydrogen-bond acceptors (Lipinski definition) is 6. The van der Waals surface area contributed by atoms with Gasteiger partial charge in [-0.05, 0) is 25.0 Å². The SMILES string of the molecule is COC(=O)c1ccccc1C(=O)OC.O=C1CCCCC(=O)N1. The third-order valence-electron chi connectivity index (χ3n) is 3.07. The third-order valence-corrected chi connectivity index (χ3v) is 3.07. The highest BCUT2D eigenvalue weighted by Gasteiger charge is 2.16. The maximum absolute atomic E-state index is 11.2. The molecule has 0 bridgehead atoms. The van der Waals surface area contributed by atoms with Crippen molar-refractivity contribution in [1.29, 1.82) is 0 Å². The molecule has 1 N–H and O–H groups in total. The first kappa shape index (κ1) is 18.3. The molecule has 1 aromatic rings. The number of nitrogens with one attached hydrogen (secondary N) is 1. The summed E-state index contributed by atoms with van der Waals surface area (Å²) in [7, 11) is 2.52. The van der Waals surface area contributed by atoms with Crippen LogP contribution in [0.5, 0.6) is 0 Å². The predicted octanol–water partition coefficient (Wildman–Crippen LogP) is 1.46. The molecule has 1 aliphatic heterocycles. The van der Waals surface area contributed by atoms with Gasteiger partial charge in [-0.2, -0.15) is 0 Å². The Bertz CT molecular complexity index is 545. The minimum absolute atomic E-state index is 0.127. The second-order valence-corrected chi connectivity index (χ2v) is 4.71. The molecular formula is C16H19NO6. The molecule has 1 fully saturated rings. The quantitative estimate of drug-likeness (QED) is 0.654. The number of amides is 2. The fraction of sp³-hybridized carbons (Fsp3) is 0.375. The number of imide groups is 1. The molecule has 0 spiro atoms. The van der Waals surface area contributed by atoms with Gasteiger partial charge in [0.15, 0.2) is 0 Å². The molecule has 23 heavy (non-hydrogen) atoms. The molecule has 0 unspecified atom stereocenters. The maximum Gasteiger partial charge on any atom is 0.338 e. The van der Waals surface area contributed by atoms with E-state index in [1.54, 1.807) is 12.1 Å². The lowest BCUT2D eigenvalue weighted by Gasteiger charge is -2.04. The van der Waals surface area contributed by atoms with Crippen LogP contribution < -0.4 is 5.32 Å². The molecule has 7 heteroatoms. The fourth-order valence-electron chi connectivity index (χ4n) is 1.91. The highest BCUT2D eigenvalue weighted by Crippen LogP contribution is 2.10. The van der Waals surface area contributed by atoms with Gasteiger partial charge in [0.25, 0.3) is 0 Å². The van der Waals surface area contributed by atoms with E-state index in [2.05, 4.69) is 14.8 Å². The van der Waals surface area contributed by atoms with Crippen LogP contribution in [-0.4, -0.2) is 38.0 Å². The van der Waals surface area contributed by atoms with Crippen LogP contribution >= 0.6 is 0 Å². The number of benzene rings is 1. The van der Waals surface area contributed by atoms with E-state index < -0.39 is 11.9 Å². The molecule has 1 heterocycles. The highest BCUT2D eigenvalue weighted by molar-refractivity contribution is 6.03. The average molecular weight is 321 g/mol. The smallest absolute Gasteiger partial charge is 0.338 e. The van der Waals surface area contributed by atoms with Crippen molar-refractivity contribution >= 4 is 23.8 Å². The highest BCUT2D eigenvalue weighted by atomic mass is 16.5. The van der Waals surface area contributed by atoms with E-state index in [1.807, 2.05) is 0 Å². The molecule has 0 aliphatic carbocycles. The first-order valence-electron chi connectivity index (χ1n) is 7.08. The van der Waals surface area contributed by atoms with Gasteiger partial charge < -0.3 is 9.47 Å². The normalized spacial score (nSPS) is 13.8. The maximum atomic E-state index is 11.2. The van der Waals surface area contributed by atoms with Crippen molar-refractivity contribution < 1.29 is 28.7 Å². The molecule has 1 saturated heterocycles. The topological polar surface area (TPSA) is 98.8 Å².